The van der Waals surface area contributed by atoms with Crippen LogP contribution in [-0.2, 0) is 14.0 Å². The fourth-order valence-corrected chi connectivity index (χ4v) is 8.11. The summed E-state index contributed by atoms with van der Waals surface area (Å²) in [7, 11) is -2.84. The third-order valence-corrected chi connectivity index (χ3v) is 9.61. The number of hydrogen-bond acceptors (Lipinski definition) is 3. The third kappa shape index (κ3) is 4.29. The first-order valence-electron chi connectivity index (χ1n) is 8.75. The second kappa shape index (κ2) is 8.43. The van der Waals surface area contributed by atoms with Gasteiger partial charge in [0.25, 0.3) is 8.32 Å². The number of aldehydes is 1. The molecule has 138 valence electrons. The van der Waals surface area contributed by atoms with E-state index < -0.39 is 20.4 Å². The fourth-order valence-electron chi connectivity index (χ4n) is 3.42. The third-order valence-electron chi connectivity index (χ3n) is 4.52. The van der Waals surface area contributed by atoms with Crippen LogP contribution in [0.4, 0.5) is 0 Å². The summed E-state index contributed by atoms with van der Waals surface area (Å²) < 4.78 is 6.65. The summed E-state index contributed by atoms with van der Waals surface area (Å²) >= 11 is 0. The van der Waals surface area contributed by atoms with Gasteiger partial charge in [0.1, 0.15) is 6.29 Å². The van der Waals surface area contributed by atoms with Crippen LogP contribution >= 0.6 is 0 Å². The molecule has 2 aromatic carbocycles. The van der Waals surface area contributed by atoms with Gasteiger partial charge in [-0.2, -0.15) is 0 Å². The molecule has 0 heterocycles. The maximum atomic E-state index is 11.3. The Balaban J connectivity index is 2.67. The fraction of sp³-hybridized carbons (Fsp3) is 0.333. The number of carboxylic acid groups (broad SMARTS) is 1. The Hall–Kier alpha value is -2.24. The van der Waals surface area contributed by atoms with Crippen molar-refractivity contribution in [3.05, 3.63) is 60.7 Å². The highest BCUT2D eigenvalue weighted by molar-refractivity contribution is 6.99. The van der Waals surface area contributed by atoms with E-state index in [0.717, 1.165) is 16.7 Å². The first-order valence-corrected chi connectivity index (χ1v) is 10.7. The largest absolute Gasteiger partial charge is 0.481 e. The van der Waals surface area contributed by atoms with E-state index in [4.69, 9.17) is 4.43 Å². The standard InChI is InChI=1S/C21H26O4Si/c1-21(2,3)26(18-10-6-4-7-11-18,19-12-8-5-9-13-19)25-17(14-15-22)16-20(23)24/h4-13,15,17H,14,16H2,1-3H3,(H,23,24). The van der Waals surface area contributed by atoms with Gasteiger partial charge in [-0.25, -0.2) is 0 Å². The molecular formula is C21H26O4Si. The van der Waals surface area contributed by atoms with E-state index >= 15 is 0 Å². The Morgan fingerprint density at radius 2 is 1.50 bits per heavy atom. The van der Waals surface area contributed by atoms with E-state index in [1.165, 1.54) is 0 Å². The predicted molar refractivity (Wildman–Crippen MR) is 105 cm³/mol. The lowest BCUT2D eigenvalue weighted by atomic mass is 10.2. The van der Waals surface area contributed by atoms with Crippen LogP contribution in [-0.4, -0.2) is 31.8 Å². The van der Waals surface area contributed by atoms with Gasteiger partial charge in [0.2, 0.25) is 0 Å². The molecule has 0 fully saturated rings. The summed E-state index contributed by atoms with van der Waals surface area (Å²) in [6.07, 6.45) is -0.0397. The van der Waals surface area contributed by atoms with Crippen molar-refractivity contribution in [3.63, 3.8) is 0 Å². The normalized spacial score (nSPS) is 13.2. The van der Waals surface area contributed by atoms with Crippen LogP contribution in [0.2, 0.25) is 5.04 Å². The molecule has 0 aromatic heterocycles. The molecule has 1 atom stereocenters. The lowest BCUT2D eigenvalue weighted by Gasteiger charge is -2.44. The van der Waals surface area contributed by atoms with Gasteiger partial charge in [-0.05, 0) is 15.4 Å². The van der Waals surface area contributed by atoms with E-state index in [1.807, 2.05) is 60.7 Å². The van der Waals surface area contributed by atoms with Gasteiger partial charge in [-0.3, -0.25) is 4.79 Å². The topological polar surface area (TPSA) is 63.6 Å². The molecule has 1 N–H and O–H groups in total. The Morgan fingerprint density at radius 1 is 1.04 bits per heavy atom. The molecule has 0 aliphatic carbocycles. The van der Waals surface area contributed by atoms with E-state index in [2.05, 4.69) is 20.8 Å². The van der Waals surface area contributed by atoms with Gasteiger partial charge in [0, 0.05) is 6.42 Å². The minimum absolute atomic E-state index is 0.0663. The highest BCUT2D eigenvalue weighted by Crippen LogP contribution is 2.38. The number of rotatable bonds is 8. The van der Waals surface area contributed by atoms with Gasteiger partial charge >= 0.3 is 5.97 Å². The lowest BCUT2D eigenvalue weighted by molar-refractivity contribution is -0.139. The van der Waals surface area contributed by atoms with Crippen molar-refractivity contribution < 1.29 is 19.1 Å². The van der Waals surface area contributed by atoms with E-state index in [9.17, 15) is 14.7 Å². The van der Waals surface area contributed by atoms with Gasteiger partial charge in [-0.15, -0.1) is 0 Å². The molecule has 0 saturated carbocycles. The van der Waals surface area contributed by atoms with E-state index in [1.54, 1.807) is 0 Å². The van der Waals surface area contributed by atoms with Crippen LogP contribution in [0.3, 0.4) is 0 Å². The number of carboxylic acids is 1. The highest BCUT2D eigenvalue weighted by atomic mass is 28.4. The maximum Gasteiger partial charge on any atom is 0.305 e. The number of carbonyl (C=O) groups is 2. The summed E-state index contributed by atoms with van der Waals surface area (Å²) in [6, 6.07) is 20.0. The number of aliphatic carboxylic acids is 1. The maximum absolute atomic E-state index is 11.3. The molecule has 0 bridgehead atoms. The van der Waals surface area contributed by atoms with Crippen molar-refractivity contribution in [2.24, 2.45) is 0 Å². The summed E-state index contributed by atoms with van der Waals surface area (Å²) in [4.78, 5) is 22.5. The molecule has 0 aliphatic heterocycles. The minimum atomic E-state index is -2.84. The zero-order valence-electron chi connectivity index (χ0n) is 15.5. The second-order valence-electron chi connectivity index (χ2n) is 7.40. The number of benzene rings is 2. The van der Waals surface area contributed by atoms with Crippen molar-refractivity contribution in [3.8, 4) is 0 Å². The molecule has 2 rings (SSSR count). The van der Waals surface area contributed by atoms with Gasteiger partial charge < -0.3 is 14.3 Å². The van der Waals surface area contributed by atoms with Gasteiger partial charge in [-0.1, -0.05) is 81.4 Å². The zero-order chi connectivity index (χ0) is 19.2. The number of carbonyl (C=O) groups excluding carboxylic acids is 1. The molecule has 2 aromatic rings. The van der Waals surface area contributed by atoms with Crippen molar-refractivity contribution in [2.45, 2.75) is 44.8 Å². The smallest absolute Gasteiger partial charge is 0.305 e. The Bertz CT molecular complexity index is 683. The SMILES string of the molecule is CC(C)(C)[Si](OC(CC=O)CC(=O)O)(c1ccccc1)c1ccccc1. The molecular weight excluding hydrogens is 344 g/mol. The zero-order valence-corrected chi connectivity index (χ0v) is 16.5. The summed E-state index contributed by atoms with van der Waals surface area (Å²) in [5, 5.41) is 11.2. The van der Waals surface area contributed by atoms with Crippen molar-refractivity contribution >= 4 is 30.9 Å². The van der Waals surface area contributed by atoms with Crippen molar-refractivity contribution in [1.82, 2.24) is 0 Å². The van der Waals surface area contributed by atoms with Crippen LogP contribution in [0.25, 0.3) is 0 Å². The van der Waals surface area contributed by atoms with E-state index in [0.29, 0.717) is 0 Å². The average molecular weight is 371 g/mol. The Kier molecular flexibility index (Phi) is 6.50. The second-order valence-corrected chi connectivity index (χ2v) is 11.7. The van der Waals surface area contributed by atoms with E-state index in [-0.39, 0.29) is 17.9 Å². The molecule has 1 unspecified atom stereocenters. The van der Waals surface area contributed by atoms with Crippen LogP contribution < -0.4 is 10.4 Å². The predicted octanol–water partition coefficient (Wildman–Crippen LogP) is 3.00. The molecule has 0 radical (unpaired) electrons. The average Bonchev–Trinajstić information content (AvgIpc) is 2.59. The Morgan fingerprint density at radius 3 is 1.85 bits per heavy atom. The first kappa shape index (κ1) is 20.1. The summed E-state index contributed by atoms with van der Waals surface area (Å²) in [5.74, 6) is -0.963. The first-order chi connectivity index (χ1) is 12.3. The quantitative estimate of drug-likeness (QED) is 0.573. The molecule has 0 spiro atoms. The van der Waals surface area contributed by atoms with Crippen LogP contribution in [0, 0.1) is 0 Å². The van der Waals surface area contributed by atoms with Crippen LogP contribution in [0.1, 0.15) is 33.6 Å². The number of hydrogen-bond donors (Lipinski definition) is 1. The Labute approximate surface area is 156 Å². The van der Waals surface area contributed by atoms with Crippen LogP contribution in [0.5, 0.6) is 0 Å². The molecule has 0 saturated heterocycles. The highest BCUT2D eigenvalue weighted by Gasteiger charge is 2.51. The van der Waals surface area contributed by atoms with Crippen molar-refractivity contribution in [2.75, 3.05) is 0 Å². The van der Waals surface area contributed by atoms with Gasteiger partial charge in [0.05, 0.1) is 12.5 Å². The monoisotopic (exact) mass is 370 g/mol. The lowest BCUT2D eigenvalue weighted by Crippen LogP contribution is -2.67. The van der Waals surface area contributed by atoms with Gasteiger partial charge in [0.15, 0.2) is 0 Å². The molecule has 0 aliphatic rings. The molecule has 0 amide bonds. The summed E-state index contributed by atoms with van der Waals surface area (Å²) in [6.45, 7) is 6.37. The van der Waals surface area contributed by atoms with Crippen molar-refractivity contribution in [1.29, 1.82) is 0 Å². The minimum Gasteiger partial charge on any atom is -0.481 e. The molecule has 26 heavy (non-hydrogen) atoms. The van der Waals surface area contributed by atoms with Crippen LogP contribution in [0.15, 0.2) is 60.7 Å². The molecule has 4 nitrogen and oxygen atoms in total. The molecule has 5 heteroatoms. The summed E-state index contributed by atoms with van der Waals surface area (Å²) in [5.41, 5.74) is 0.